The normalized spacial score (nSPS) is 11.8. The van der Waals surface area contributed by atoms with Gasteiger partial charge in [0, 0.05) is 5.41 Å². The molecule has 0 atom stereocenters. The molecule has 0 radical (unpaired) electrons. The second-order valence-corrected chi connectivity index (χ2v) is 5.03. The van der Waals surface area contributed by atoms with Crippen LogP contribution in [-0.4, -0.2) is 36.0 Å². The highest BCUT2D eigenvalue weighted by molar-refractivity contribution is 5.78. The maximum Gasteiger partial charge on any atom is 0.372 e. The van der Waals surface area contributed by atoms with E-state index in [9.17, 15) is 4.79 Å². The Bertz CT molecular complexity index is 549. The van der Waals surface area contributed by atoms with Crippen molar-refractivity contribution in [1.82, 2.24) is 30.0 Å². The third-order valence-electron chi connectivity index (χ3n) is 2.61. The molecule has 0 N–H and O–H groups in total. The topological polar surface area (TPSA) is 78.5 Å². The van der Waals surface area contributed by atoms with Gasteiger partial charge in [0.05, 0.1) is 23.8 Å². The third kappa shape index (κ3) is 2.03. The first kappa shape index (κ1) is 12.4. The van der Waals surface area contributed by atoms with Crippen LogP contribution in [-0.2, 0) is 11.8 Å². The average molecular weight is 248 g/mol. The molecule has 0 amide bonds. The summed E-state index contributed by atoms with van der Waals surface area (Å²) in [7, 11) is 0. The maximum absolute atomic E-state index is 12.1. The van der Waals surface area contributed by atoms with Crippen LogP contribution in [0, 0.1) is 0 Å². The zero-order valence-electron chi connectivity index (χ0n) is 11.0. The lowest BCUT2D eigenvalue weighted by molar-refractivity contribution is 0.236. The number of aromatic nitrogens is 6. The predicted octanol–water partition coefficient (Wildman–Crippen LogP) is 1.25. The Balaban J connectivity index is 2.47. The Morgan fingerprint density at radius 3 is 2.56 bits per heavy atom. The fraction of sp³-hybridized carbons (Fsp3) is 0.545. The molecule has 0 saturated heterocycles. The standard InChI is InChI=1S/C11H16N6O/c1-5-8-9(11(2,3)4)13-15-17(8)10(18)16-7-6-12-14-16/h6-7H,5H2,1-4H3. The van der Waals surface area contributed by atoms with Crippen molar-refractivity contribution in [3.63, 3.8) is 0 Å². The number of carbonyl (C=O) groups is 1. The van der Waals surface area contributed by atoms with E-state index in [1.54, 1.807) is 0 Å². The predicted molar refractivity (Wildman–Crippen MR) is 64.3 cm³/mol. The molecule has 2 aromatic heterocycles. The van der Waals surface area contributed by atoms with Crippen molar-refractivity contribution in [3.8, 4) is 0 Å². The van der Waals surface area contributed by atoms with E-state index < -0.39 is 0 Å². The van der Waals surface area contributed by atoms with E-state index in [0.29, 0.717) is 6.42 Å². The molecule has 0 aliphatic carbocycles. The molecule has 0 aliphatic rings. The van der Waals surface area contributed by atoms with E-state index in [-0.39, 0.29) is 11.4 Å². The minimum atomic E-state index is -0.368. The van der Waals surface area contributed by atoms with Gasteiger partial charge in [-0.1, -0.05) is 38.1 Å². The third-order valence-corrected chi connectivity index (χ3v) is 2.61. The van der Waals surface area contributed by atoms with Gasteiger partial charge in [-0.3, -0.25) is 0 Å². The smallest absolute Gasteiger partial charge is 0.243 e. The van der Waals surface area contributed by atoms with Crippen molar-refractivity contribution in [3.05, 3.63) is 23.8 Å². The van der Waals surface area contributed by atoms with Gasteiger partial charge in [-0.15, -0.1) is 10.2 Å². The number of rotatable bonds is 1. The van der Waals surface area contributed by atoms with Crippen LogP contribution in [0.25, 0.3) is 0 Å². The summed E-state index contributed by atoms with van der Waals surface area (Å²) in [6, 6.07) is -0.368. The molecule has 2 heterocycles. The largest absolute Gasteiger partial charge is 0.372 e. The molecule has 7 nitrogen and oxygen atoms in total. The quantitative estimate of drug-likeness (QED) is 0.758. The molecule has 96 valence electrons. The van der Waals surface area contributed by atoms with E-state index in [0.717, 1.165) is 16.1 Å². The summed E-state index contributed by atoms with van der Waals surface area (Å²) in [5, 5.41) is 15.3. The van der Waals surface area contributed by atoms with Crippen molar-refractivity contribution in [1.29, 1.82) is 0 Å². The van der Waals surface area contributed by atoms with Gasteiger partial charge in [-0.25, -0.2) is 4.79 Å². The van der Waals surface area contributed by atoms with Gasteiger partial charge in [0.25, 0.3) is 0 Å². The van der Waals surface area contributed by atoms with Crippen molar-refractivity contribution in [2.24, 2.45) is 0 Å². The number of hydrogen-bond donors (Lipinski definition) is 0. The second kappa shape index (κ2) is 4.32. The van der Waals surface area contributed by atoms with Gasteiger partial charge in [0.15, 0.2) is 0 Å². The summed E-state index contributed by atoms with van der Waals surface area (Å²) in [5.41, 5.74) is 1.49. The van der Waals surface area contributed by atoms with E-state index in [4.69, 9.17) is 0 Å². The molecule has 7 heteroatoms. The molecule has 0 spiro atoms. The summed E-state index contributed by atoms with van der Waals surface area (Å²) in [5.74, 6) is 0. The minimum absolute atomic E-state index is 0.147. The molecule has 18 heavy (non-hydrogen) atoms. The molecule has 0 saturated carbocycles. The maximum atomic E-state index is 12.1. The Kier molecular flexibility index (Phi) is 2.98. The molecular formula is C11H16N6O. The minimum Gasteiger partial charge on any atom is -0.243 e. The lowest BCUT2D eigenvalue weighted by atomic mass is 9.90. The first-order valence-corrected chi connectivity index (χ1v) is 5.81. The zero-order chi connectivity index (χ0) is 13.3. The van der Waals surface area contributed by atoms with Crippen LogP contribution in [0.1, 0.15) is 39.1 Å². The van der Waals surface area contributed by atoms with E-state index in [1.165, 1.54) is 17.1 Å². The van der Waals surface area contributed by atoms with Gasteiger partial charge in [-0.2, -0.15) is 9.36 Å². The van der Waals surface area contributed by atoms with Gasteiger partial charge in [0.2, 0.25) is 0 Å². The van der Waals surface area contributed by atoms with Crippen molar-refractivity contribution in [2.45, 2.75) is 39.5 Å². The summed E-state index contributed by atoms with van der Waals surface area (Å²) in [6.07, 6.45) is 3.62. The molecule has 0 bridgehead atoms. The van der Waals surface area contributed by atoms with Crippen LogP contribution < -0.4 is 0 Å². The second-order valence-electron chi connectivity index (χ2n) is 5.03. The summed E-state index contributed by atoms with van der Waals surface area (Å²) < 4.78 is 2.43. The highest BCUT2D eigenvalue weighted by atomic mass is 16.2. The van der Waals surface area contributed by atoms with Crippen LogP contribution in [0.2, 0.25) is 0 Å². The van der Waals surface area contributed by atoms with Gasteiger partial charge >= 0.3 is 6.03 Å². The Morgan fingerprint density at radius 2 is 2.06 bits per heavy atom. The van der Waals surface area contributed by atoms with Crippen molar-refractivity contribution < 1.29 is 4.79 Å². The Morgan fingerprint density at radius 1 is 1.33 bits per heavy atom. The number of hydrogen-bond acceptors (Lipinski definition) is 5. The van der Waals surface area contributed by atoms with E-state index in [2.05, 4.69) is 20.6 Å². The first-order valence-electron chi connectivity index (χ1n) is 5.81. The van der Waals surface area contributed by atoms with Crippen LogP contribution in [0.4, 0.5) is 4.79 Å². The number of carbonyl (C=O) groups excluding carboxylic acids is 1. The SMILES string of the molecule is CCc1c(C(C)(C)C)nnn1C(=O)n1ccnn1. The van der Waals surface area contributed by atoms with Crippen LogP contribution in [0.3, 0.4) is 0 Å². The zero-order valence-corrected chi connectivity index (χ0v) is 11.0. The van der Waals surface area contributed by atoms with Gasteiger partial charge in [0.1, 0.15) is 0 Å². The fourth-order valence-corrected chi connectivity index (χ4v) is 1.76. The van der Waals surface area contributed by atoms with Gasteiger partial charge in [-0.05, 0) is 6.42 Å². The van der Waals surface area contributed by atoms with Crippen LogP contribution in [0.15, 0.2) is 12.4 Å². The van der Waals surface area contributed by atoms with E-state index in [1.807, 2.05) is 27.7 Å². The van der Waals surface area contributed by atoms with Crippen LogP contribution >= 0.6 is 0 Å². The van der Waals surface area contributed by atoms with Crippen molar-refractivity contribution >= 4 is 6.03 Å². The summed E-state index contributed by atoms with van der Waals surface area (Å²) >= 11 is 0. The van der Waals surface area contributed by atoms with E-state index >= 15 is 0 Å². The average Bonchev–Trinajstić information content (AvgIpc) is 2.96. The summed E-state index contributed by atoms with van der Waals surface area (Å²) in [4.78, 5) is 12.1. The summed E-state index contributed by atoms with van der Waals surface area (Å²) in [6.45, 7) is 8.10. The monoisotopic (exact) mass is 248 g/mol. The van der Waals surface area contributed by atoms with Crippen LogP contribution in [0.5, 0.6) is 0 Å². The molecule has 2 aromatic rings. The molecule has 0 unspecified atom stereocenters. The first-order chi connectivity index (χ1) is 8.45. The lowest BCUT2D eigenvalue weighted by Crippen LogP contribution is -2.24. The van der Waals surface area contributed by atoms with Crippen molar-refractivity contribution in [2.75, 3.05) is 0 Å². The molecule has 2 rings (SSSR count). The highest BCUT2D eigenvalue weighted by Gasteiger charge is 2.26. The van der Waals surface area contributed by atoms with Gasteiger partial charge < -0.3 is 0 Å². The molecule has 0 aliphatic heterocycles. The number of nitrogens with zero attached hydrogens (tertiary/aromatic N) is 6. The Hall–Kier alpha value is -2.05. The highest BCUT2D eigenvalue weighted by Crippen LogP contribution is 2.23. The Labute approximate surface area is 105 Å². The molecular weight excluding hydrogens is 232 g/mol. The lowest BCUT2D eigenvalue weighted by Gasteiger charge is -2.16. The molecule has 0 fully saturated rings. The molecule has 0 aromatic carbocycles. The fourth-order valence-electron chi connectivity index (χ4n) is 1.76.